The van der Waals surface area contributed by atoms with Gasteiger partial charge in [0.05, 0.1) is 6.20 Å². The second-order valence-corrected chi connectivity index (χ2v) is 4.80. The maximum absolute atomic E-state index is 11.5. The van der Waals surface area contributed by atoms with Gasteiger partial charge in [-0.15, -0.1) is 0 Å². The number of aryl methyl sites for hydroxylation is 1. The van der Waals surface area contributed by atoms with Crippen LogP contribution in [0.15, 0.2) is 60.8 Å². The van der Waals surface area contributed by atoms with Gasteiger partial charge >= 0.3 is 0 Å². The van der Waals surface area contributed by atoms with E-state index in [1.54, 1.807) is 4.57 Å². The lowest BCUT2D eigenvalue weighted by Gasteiger charge is -2.09. The Balaban J connectivity index is 2.03. The number of amides is 1. The first-order chi connectivity index (χ1) is 10.2. The van der Waals surface area contributed by atoms with Crippen LogP contribution in [0.4, 0.5) is 0 Å². The van der Waals surface area contributed by atoms with Crippen LogP contribution in [0, 0.1) is 6.92 Å². The van der Waals surface area contributed by atoms with Crippen molar-refractivity contribution in [2.75, 3.05) is 0 Å². The molecule has 0 radical (unpaired) electrons. The van der Waals surface area contributed by atoms with E-state index >= 15 is 0 Å². The summed E-state index contributed by atoms with van der Waals surface area (Å²) >= 11 is 0. The van der Waals surface area contributed by atoms with Crippen LogP contribution in [0.25, 0.3) is 16.8 Å². The summed E-state index contributed by atoms with van der Waals surface area (Å²) in [6, 6.07) is 18.1. The van der Waals surface area contributed by atoms with Crippen LogP contribution in [0.3, 0.4) is 0 Å². The minimum absolute atomic E-state index is 0.389. The van der Waals surface area contributed by atoms with Crippen molar-refractivity contribution in [1.29, 1.82) is 0 Å². The van der Waals surface area contributed by atoms with Crippen LogP contribution in [-0.2, 0) is 0 Å². The minimum atomic E-state index is -0.484. The van der Waals surface area contributed by atoms with Gasteiger partial charge in [-0.05, 0) is 30.2 Å². The number of primary amides is 1. The first kappa shape index (κ1) is 13.1. The van der Waals surface area contributed by atoms with Gasteiger partial charge in [-0.1, -0.05) is 42.5 Å². The van der Waals surface area contributed by atoms with Gasteiger partial charge in [0, 0.05) is 5.69 Å². The Kier molecular flexibility index (Phi) is 3.28. The molecule has 0 bridgehead atoms. The zero-order chi connectivity index (χ0) is 14.8. The van der Waals surface area contributed by atoms with E-state index in [4.69, 9.17) is 5.73 Å². The first-order valence-corrected chi connectivity index (χ1v) is 6.67. The molecular formula is C17H15N3O. The molecule has 1 amide bonds. The van der Waals surface area contributed by atoms with Crippen LogP contribution in [-0.4, -0.2) is 15.5 Å². The van der Waals surface area contributed by atoms with E-state index in [0.717, 1.165) is 22.6 Å². The van der Waals surface area contributed by atoms with Crippen molar-refractivity contribution in [1.82, 2.24) is 9.55 Å². The summed E-state index contributed by atoms with van der Waals surface area (Å²) in [4.78, 5) is 15.6. The van der Waals surface area contributed by atoms with E-state index in [1.165, 1.54) is 6.20 Å². The van der Waals surface area contributed by atoms with Crippen molar-refractivity contribution in [3.05, 3.63) is 72.3 Å². The van der Waals surface area contributed by atoms with Gasteiger partial charge in [0.15, 0.2) is 0 Å². The molecule has 0 saturated heterocycles. The Morgan fingerprint density at radius 1 is 1.00 bits per heavy atom. The highest BCUT2D eigenvalue weighted by Gasteiger charge is 2.13. The van der Waals surface area contributed by atoms with Gasteiger partial charge in [0.1, 0.15) is 11.5 Å². The third kappa shape index (κ3) is 2.43. The number of hydrogen-bond acceptors (Lipinski definition) is 2. The summed E-state index contributed by atoms with van der Waals surface area (Å²) in [5, 5.41) is 0. The second kappa shape index (κ2) is 5.25. The van der Waals surface area contributed by atoms with Gasteiger partial charge in [-0.2, -0.15) is 0 Å². The fourth-order valence-electron chi connectivity index (χ4n) is 2.38. The highest BCUT2D eigenvalue weighted by Crippen LogP contribution is 2.22. The number of nitrogens with zero attached hydrogens (tertiary/aromatic N) is 2. The number of aromatic nitrogens is 2. The topological polar surface area (TPSA) is 60.9 Å². The molecule has 2 aromatic carbocycles. The second-order valence-electron chi connectivity index (χ2n) is 4.80. The van der Waals surface area contributed by atoms with Gasteiger partial charge < -0.3 is 5.73 Å². The highest BCUT2D eigenvalue weighted by atomic mass is 16.1. The molecule has 0 atom stereocenters. The van der Waals surface area contributed by atoms with Crippen LogP contribution < -0.4 is 5.73 Å². The molecule has 0 unspecified atom stereocenters. The van der Waals surface area contributed by atoms with Crippen LogP contribution in [0.1, 0.15) is 16.3 Å². The van der Waals surface area contributed by atoms with Crippen LogP contribution in [0.2, 0.25) is 0 Å². The Hall–Kier alpha value is -2.88. The Bertz CT molecular complexity index is 774. The standard InChI is InChI=1S/C17H15N3O/c1-12-19-11-16(17(18)21)20(12)15-9-7-14(8-10-15)13-5-3-2-4-6-13/h2-11H,1H3,(H2,18,21). The number of nitrogens with two attached hydrogens (primary N) is 1. The molecule has 0 aliphatic carbocycles. The largest absolute Gasteiger partial charge is 0.364 e. The van der Waals surface area contributed by atoms with E-state index in [1.807, 2.05) is 49.4 Å². The first-order valence-electron chi connectivity index (χ1n) is 6.67. The summed E-state index contributed by atoms with van der Waals surface area (Å²) < 4.78 is 1.76. The highest BCUT2D eigenvalue weighted by molar-refractivity contribution is 5.91. The van der Waals surface area contributed by atoms with E-state index in [2.05, 4.69) is 17.1 Å². The third-order valence-corrected chi connectivity index (χ3v) is 3.42. The number of rotatable bonds is 3. The number of carbonyl (C=O) groups excluding carboxylic acids is 1. The lowest BCUT2D eigenvalue weighted by molar-refractivity contribution is 0.0993. The van der Waals surface area contributed by atoms with E-state index in [0.29, 0.717) is 5.69 Å². The maximum Gasteiger partial charge on any atom is 0.267 e. The summed E-state index contributed by atoms with van der Waals surface area (Å²) in [5.41, 5.74) is 8.93. The molecule has 4 heteroatoms. The molecular weight excluding hydrogens is 262 g/mol. The zero-order valence-electron chi connectivity index (χ0n) is 11.7. The fraction of sp³-hybridized carbons (Fsp3) is 0.0588. The predicted octanol–water partition coefficient (Wildman–Crippen LogP) is 2.95. The SMILES string of the molecule is Cc1ncc(C(N)=O)n1-c1ccc(-c2ccccc2)cc1. The van der Waals surface area contributed by atoms with E-state index in [-0.39, 0.29) is 0 Å². The Morgan fingerprint density at radius 2 is 1.62 bits per heavy atom. The van der Waals surface area contributed by atoms with E-state index < -0.39 is 5.91 Å². The summed E-state index contributed by atoms with van der Waals surface area (Å²) in [5.74, 6) is 0.249. The molecule has 0 spiro atoms. The van der Waals surface area contributed by atoms with Crippen LogP contribution in [0.5, 0.6) is 0 Å². The molecule has 1 heterocycles. The van der Waals surface area contributed by atoms with Crippen molar-refractivity contribution in [2.45, 2.75) is 6.92 Å². The molecule has 0 fully saturated rings. The lowest BCUT2D eigenvalue weighted by atomic mass is 10.1. The van der Waals surface area contributed by atoms with Crippen molar-refractivity contribution >= 4 is 5.91 Å². The molecule has 0 saturated carbocycles. The van der Waals surface area contributed by atoms with Crippen molar-refractivity contribution in [3.8, 4) is 16.8 Å². The summed E-state index contributed by atoms with van der Waals surface area (Å²) in [6.07, 6.45) is 1.50. The molecule has 0 aliphatic heterocycles. The predicted molar refractivity (Wildman–Crippen MR) is 82.3 cm³/mol. The number of hydrogen-bond donors (Lipinski definition) is 1. The zero-order valence-corrected chi connectivity index (χ0v) is 11.7. The molecule has 1 aromatic heterocycles. The molecule has 104 valence electrons. The monoisotopic (exact) mass is 277 g/mol. The van der Waals surface area contributed by atoms with Crippen molar-refractivity contribution < 1.29 is 4.79 Å². The number of imidazole rings is 1. The number of benzene rings is 2. The summed E-state index contributed by atoms with van der Waals surface area (Å²) in [6.45, 7) is 1.84. The maximum atomic E-state index is 11.5. The Morgan fingerprint density at radius 3 is 2.24 bits per heavy atom. The summed E-state index contributed by atoms with van der Waals surface area (Å²) in [7, 11) is 0. The molecule has 3 aromatic rings. The smallest absolute Gasteiger partial charge is 0.267 e. The molecule has 4 nitrogen and oxygen atoms in total. The van der Waals surface area contributed by atoms with Crippen molar-refractivity contribution in [3.63, 3.8) is 0 Å². The fourth-order valence-corrected chi connectivity index (χ4v) is 2.38. The molecule has 3 rings (SSSR count). The normalized spacial score (nSPS) is 10.5. The Labute approximate surface area is 122 Å². The average molecular weight is 277 g/mol. The van der Waals surface area contributed by atoms with Gasteiger partial charge in [-0.25, -0.2) is 4.98 Å². The van der Waals surface area contributed by atoms with Gasteiger partial charge in [0.2, 0.25) is 0 Å². The quantitative estimate of drug-likeness (QED) is 0.800. The molecule has 2 N–H and O–H groups in total. The number of carbonyl (C=O) groups is 1. The lowest BCUT2D eigenvalue weighted by Crippen LogP contribution is -2.16. The molecule has 21 heavy (non-hydrogen) atoms. The van der Waals surface area contributed by atoms with Crippen molar-refractivity contribution in [2.24, 2.45) is 5.73 Å². The van der Waals surface area contributed by atoms with Crippen LogP contribution >= 0.6 is 0 Å². The average Bonchev–Trinajstić information content (AvgIpc) is 2.90. The van der Waals surface area contributed by atoms with Gasteiger partial charge in [-0.3, -0.25) is 9.36 Å². The minimum Gasteiger partial charge on any atom is -0.364 e. The van der Waals surface area contributed by atoms with E-state index in [9.17, 15) is 4.79 Å². The third-order valence-electron chi connectivity index (χ3n) is 3.42. The van der Waals surface area contributed by atoms with Gasteiger partial charge in [0.25, 0.3) is 5.91 Å². The molecule has 0 aliphatic rings.